The molecule has 0 saturated heterocycles. The normalized spacial score (nSPS) is 11.8. The Morgan fingerprint density at radius 2 is 1.89 bits per heavy atom. The third-order valence-corrected chi connectivity index (χ3v) is 4.31. The molecule has 0 saturated carbocycles. The van der Waals surface area contributed by atoms with E-state index in [1.165, 1.54) is 7.05 Å². The van der Waals surface area contributed by atoms with Gasteiger partial charge in [-0.25, -0.2) is 9.48 Å². The highest BCUT2D eigenvalue weighted by Gasteiger charge is 2.22. The van der Waals surface area contributed by atoms with Gasteiger partial charge in [0, 0.05) is 20.0 Å². The summed E-state index contributed by atoms with van der Waals surface area (Å²) in [4.78, 5) is 37.1. The summed E-state index contributed by atoms with van der Waals surface area (Å²) in [5, 5.41) is 9.55. The molecule has 146 valence electrons. The number of nitrogens with one attached hydrogen (secondary N) is 2. The van der Waals surface area contributed by atoms with Crippen LogP contribution in [0, 0.1) is 0 Å². The zero-order chi connectivity index (χ0) is 19.8. The molecule has 2 amide bonds. The van der Waals surface area contributed by atoms with Crippen LogP contribution in [0.2, 0.25) is 0 Å². The highest BCUT2D eigenvalue weighted by molar-refractivity contribution is 5.88. The van der Waals surface area contributed by atoms with Crippen LogP contribution in [0.5, 0.6) is 0 Å². The predicted octanol–water partition coefficient (Wildman–Crippen LogP) is 1.01. The molecule has 2 aromatic rings. The number of carbonyl (C=O) groups is 2. The second-order valence-corrected chi connectivity index (χ2v) is 6.23. The number of hydrogen-bond donors (Lipinski definition) is 2. The number of nitrogens with zero attached hydrogens (tertiary/aromatic N) is 3. The summed E-state index contributed by atoms with van der Waals surface area (Å²) in [6.07, 6.45) is 2.62. The average molecular weight is 373 g/mol. The number of carbonyl (C=O) groups excluding carboxylic acids is 2. The minimum atomic E-state index is -0.827. The Bertz CT molecular complexity index is 826. The maximum atomic E-state index is 12.5. The number of benzene rings is 1. The van der Waals surface area contributed by atoms with Crippen molar-refractivity contribution in [2.45, 2.75) is 52.2 Å². The Hall–Kier alpha value is -2.90. The standard InChI is InChI=1S/C19H27N5O3/c1-4-6-12-15-22-24(19(27)23(15)5-2)13-16(25)21-17(18(26)20-3)14-10-8-7-9-11-14/h7-11,17H,4-6,12-13H2,1-3H3,(H,20,26)(H,21,25). The van der Waals surface area contributed by atoms with E-state index >= 15 is 0 Å². The lowest BCUT2D eigenvalue weighted by molar-refractivity contribution is -0.129. The number of amides is 2. The highest BCUT2D eigenvalue weighted by atomic mass is 16.2. The van der Waals surface area contributed by atoms with E-state index in [0.29, 0.717) is 24.4 Å². The van der Waals surface area contributed by atoms with Crippen molar-refractivity contribution < 1.29 is 9.59 Å². The lowest BCUT2D eigenvalue weighted by Crippen LogP contribution is -2.41. The summed E-state index contributed by atoms with van der Waals surface area (Å²) < 4.78 is 2.74. The Labute approximate surface area is 158 Å². The summed E-state index contributed by atoms with van der Waals surface area (Å²) >= 11 is 0. The van der Waals surface area contributed by atoms with Crippen molar-refractivity contribution in [1.82, 2.24) is 25.0 Å². The molecule has 1 unspecified atom stereocenters. The molecule has 1 heterocycles. The van der Waals surface area contributed by atoms with Crippen molar-refractivity contribution in [3.8, 4) is 0 Å². The van der Waals surface area contributed by atoms with Gasteiger partial charge in [-0.2, -0.15) is 5.10 Å². The first-order valence-corrected chi connectivity index (χ1v) is 9.24. The smallest absolute Gasteiger partial charge is 0.346 e. The molecule has 0 spiro atoms. The second-order valence-electron chi connectivity index (χ2n) is 6.23. The van der Waals surface area contributed by atoms with E-state index in [2.05, 4.69) is 22.7 Å². The first-order valence-electron chi connectivity index (χ1n) is 9.24. The Kier molecular flexibility index (Phi) is 7.34. The van der Waals surface area contributed by atoms with E-state index in [9.17, 15) is 14.4 Å². The molecule has 2 N–H and O–H groups in total. The number of hydrogen-bond acceptors (Lipinski definition) is 4. The van der Waals surface area contributed by atoms with E-state index in [4.69, 9.17) is 0 Å². The molecule has 1 atom stereocenters. The van der Waals surface area contributed by atoms with E-state index in [0.717, 1.165) is 17.5 Å². The summed E-state index contributed by atoms with van der Waals surface area (Å²) in [6, 6.07) is 8.13. The van der Waals surface area contributed by atoms with Crippen molar-refractivity contribution in [3.05, 3.63) is 52.2 Å². The molecule has 0 aliphatic carbocycles. The van der Waals surface area contributed by atoms with E-state index in [1.54, 1.807) is 28.8 Å². The summed E-state index contributed by atoms with van der Waals surface area (Å²) in [5.74, 6) is -0.0926. The zero-order valence-electron chi connectivity index (χ0n) is 16.1. The monoisotopic (exact) mass is 373 g/mol. The van der Waals surface area contributed by atoms with Crippen LogP contribution in [0.15, 0.2) is 35.1 Å². The maximum absolute atomic E-state index is 12.5. The molecule has 0 radical (unpaired) electrons. The Morgan fingerprint density at radius 1 is 1.19 bits per heavy atom. The molecule has 8 nitrogen and oxygen atoms in total. The van der Waals surface area contributed by atoms with Crippen LogP contribution in [0.4, 0.5) is 0 Å². The molecule has 0 aliphatic heterocycles. The molecule has 1 aromatic carbocycles. The fraction of sp³-hybridized carbons (Fsp3) is 0.474. The molecule has 1 aromatic heterocycles. The van der Waals surface area contributed by atoms with Gasteiger partial charge >= 0.3 is 5.69 Å². The van der Waals surface area contributed by atoms with E-state index in [-0.39, 0.29) is 18.1 Å². The lowest BCUT2D eigenvalue weighted by atomic mass is 10.1. The molecule has 27 heavy (non-hydrogen) atoms. The van der Waals surface area contributed by atoms with Gasteiger partial charge in [0.2, 0.25) is 11.8 Å². The summed E-state index contributed by atoms with van der Waals surface area (Å²) in [5.41, 5.74) is 0.357. The van der Waals surface area contributed by atoms with Gasteiger partial charge < -0.3 is 10.6 Å². The van der Waals surface area contributed by atoms with Crippen LogP contribution in [-0.4, -0.2) is 33.2 Å². The molecular formula is C19H27N5O3. The number of unbranched alkanes of at least 4 members (excludes halogenated alkanes) is 1. The summed E-state index contributed by atoms with van der Waals surface area (Å²) in [7, 11) is 1.51. The van der Waals surface area contributed by atoms with Gasteiger partial charge in [-0.05, 0) is 18.9 Å². The third kappa shape index (κ3) is 5.06. The molecule has 2 rings (SSSR count). The topological polar surface area (TPSA) is 98.0 Å². The fourth-order valence-corrected chi connectivity index (χ4v) is 2.86. The van der Waals surface area contributed by atoms with Crippen LogP contribution in [0.1, 0.15) is 44.1 Å². The minimum absolute atomic E-state index is 0.231. The van der Waals surface area contributed by atoms with Crippen molar-refractivity contribution in [2.24, 2.45) is 0 Å². The lowest BCUT2D eigenvalue weighted by Gasteiger charge is -2.17. The fourth-order valence-electron chi connectivity index (χ4n) is 2.86. The van der Waals surface area contributed by atoms with Gasteiger partial charge in [0.1, 0.15) is 18.4 Å². The van der Waals surface area contributed by atoms with E-state index in [1.807, 2.05) is 13.0 Å². The molecular weight excluding hydrogens is 346 g/mol. The highest BCUT2D eigenvalue weighted by Crippen LogP contribution is 2.12. The maximum Gasteiger partial charge on any atom is 0.346 e. The van der Waals surface area contributed by atoms with Gasteiger partial charge in [0.15, 0.2) is 0 Å². The number of aromatic nitrogens is 3. The average Bonchev–Trinajstić information content (AvgIpc) is 2.98. The Morgan fingerprint density at radius 3 is 2.48 bits per heavy atom. The van der Waals surface area contributed by atoms with Crippen molar-refractivity contribution >= 4 is 11.8 Å². The molecule has 8 heteroatoms. The van der Waals surface area contributed by atoms with Crippen molar-refractivity contribution in [1.29, 1.82) is 0 Å². The quantitative estimate of drug-likeness (QED) is 0.685. The molecule has 0 fully saturated rings. The van der Waals surface area contributed by atoms with Gasteiger partial charge in [0.05, 0.1) is 0 Å². The van der Waals surface area contributed by atoms with Gasteiger partial charge in [0.25, 0.3) is 0 Å². The van der Waals surface area contributed by atoms with Crippen LogP contribution in [-0.2, 0) is 29.1 Å². The SMILES string of the molecule is CCCCc1nn(CC(=O)NC(C(=O)NC)c2ccccc2)c(=O)n1CC. The van der Waals surface area contributed by atoms with E-state index < -0.39 is 11.9 Å². The van der Waals surface area contributed by atoms with Crippen LogP contribution in [0.25, 0.3) is 0 Å². The largest absolute Gasteiger partial charge is 0.357 e. The number of rotatable bonds is 9. The summed E-state index contributed by atoms with van der Waals surface area (Å²) in [6.45, 7) is 4.22. The molecule has 0 aliphatic rings. The van der Waals surface area contributed by atoms with Crippen LogP contribution < -0.4 is 16.3 Å². The number of likely N-dealkylation sites (N-methyl/N-ethyl adjacent to an activating group) is 1. The first kappa shape index (κ1) is 20.4. The first-order chi connectivity index (χ1) is 13.0. The second kappa shape index (κ2) is 9.70. The minimum Gasteiger partial charge on any atom is -0.357 e. The van der Waals surface area contributed by atoms with Gasteiger partial charge in [-0.15, -0.1) is 0 Å². The Balaban J connectivity index is 2.17. The molecule has 0 bridgehead atoms. The van der Waals surface area contributed by atoms with Crippen molar-refractivity contribution in [2.75, 3.05) is 7.05 Å². The van der Waals surface area contributed by atoms with Crippen molar-refractivity contribution in [3.63, 3.8) is 0 Å². The van der Waals surface area contributed by atoms with Gasteiger partial charge in [-0.1, -0.05) is 43.7 Å². The van der Waals surface area contributed by atoms with Gasteiger partial charge in [-0.3, -0.25) is 14.2 Å². The van der Waals surface area contributed by atoms with Crippen LogP contribution >= 0.6 is 0 Å². The number of aryl methyl sites for hydroxylation is 1. The van der Waals surface area contributed by atoms with Crippen LogP contribution in [0.3, 0.4) is 0 Å². The zero-order valence-corrected chi connectivity index (χ0v) is 16.1. The predicted molar refractivity (Wildman–Crippen MR) is 102 cm³/mol. The third-order valence-electron chi connectivity index (χ3n) is 4.31.